The molecule has 170 valence electrons. The van der Waals surface area contributed by atoms with Crippen molar-refractivity contribution in [2.45, 2.75) is 19.1 Å². The van der Waals surface area contributed by atoms with Crippen LogP contribution < -0.4 is 15.4 Å². The normalized spacial score (nSPS) is 12.3. The number of aliphatic hydroxyl groups excluding tert-OH is 1. The van der Waals surface area contributed by atoms with Gasteiger partial charge in [-0.25, -0.2) is 4.68 Å². The van der Waals surface area contributed by atoms with E-state index in [0.717, 1.165) is 10.9 Å². The van der Waals surface area contributed by atoms with Gasteiger partial charge in [-0.3, -0.25) is 4.79 Å². The second kappa shape index (κ2) is 10.2. The molecule has 0 saturated carbocycles. The molecule has 0 radical (unpaired) electrons. The van der Waals surface area contributed by atoms with Crippen LogP contribution in [0.15, 0.2) is 60.8 Å². The number of para-hydroxylation sites is 1. The van der Waals surface area contributed by atoms with Gasteiger partial charge in [0.05, 0.1) is 30.5 Å². The summed E-state index contributed by atoms with van der Waals surface area (Å²) in [4.78, 5) is 12.6. The summed E-state index contributed by atoms with van der Waals surface area (Å²) in [6, 6.07) is 14.4. The van der Waals surface area contributed by atoms with Crippen LogP contribution in [0.5, 0.6) is 5.75 Å². The van der Waals surface area contributed by atoms with Crippen LogP contribution in [0.1, 0.15) is 23.0 Å². The van der Waals surface area contributed by atoms with Gasteiger partial charge in [0, 0.05) is 18.4 Å². The number of nitrogens with one attached hydrogen (secondary N) is 2. The number of carbonyl (C=O) groups is 1. The Morgan fingerprint density at radius 2 is 1.84 bits per heavy atom. The maximum absolute atomic E-state index is 13.5. The number of amides is 1. The van der Waals surface area contributed by atoms with Crippen LogP contribution in [0, 0.1) is 0 Å². The Morgan fingerprint density at radius 3 is 2.44 bits per heavy atom. The zero-order valence-corrected chi connectivity index (χ0v) is 17.3. The first-order valence-electron chi connectivity index (χ1n) is 9.92. The number of benzene rings is 2. The molecule has 0 spiro atoms. The SMILES string of the molecule is CCOc1ccc(NC[C@@H](CO)NC(=O)c2cn(-c3ccccc3)nc2C(F)(F)F)cc1. The minimum Gasteiger partial charge on any atom is -0.494 e. The van der Waals surface area contributed by atoms with E-state index in [4.69, 9.17) is 4.74 Å². The first-order chi connectivity index (χ1) is 15.3. The quantitative estimate of drug-likeness (QED) is 0.467. The van der Waals surface area contributed by atoms with E-state index in [9.17, 15) is 23.1 Å². The van der Waals surface area contributed by atoms with Gasteiger partial charge in [0.15, 0.2) is 5.69 Å². The van der Waals surface area contributed by atoms with E-state index < -0.39 is 36.0 Å². The number of aliphatic hydroxyl groups is 1. The van der Waals surface area contributed by atoms with E-state index in [-0.39, 0.29) is 6.54 Å². The number of anilines is 1. The number of halogens is 3. The highest BCUT2D eigenvalue weighted by atomic mass is 19.4. The Hall–Kier alpha value is -3.53. The van der Waals surface area contributed by atoms with Crippen molar-refractivity contribution in [3.05, 3.63) is 72.1 Å². The fourth-order valence-corrected chi connectivity index (χ4v) is 2.96. The Labute approximate surface area is 182 Å². The molecule has 1 heterocycles. The molecule has 0 aliphatic rings. The number of hydrogen-bond acceptors (Lipinski definition) is 5. The summed E-state index contributed by atoms with van der Waals surface area (Å²) < 4.78 is 46.8. The molecule has 7 nitrogen and oxygen atoms in total. The van der Waals surface area contributed by atoms with Crippen LogP contribution >= 0.6 is 0 Å². The van der Waals surface area contributed by atoms with Gasteiger partial charge in [-0.05, 0) is 43.3 Å². The average molecular weight is 448 g/mol. The van der Waals surface area contributed by atoms with Crippen molar-refractivity contribution in [3.63, 3.8) is 0 Å². The molecule has 3 rings (SSSR count). The molecule has 0 bridgehead atoms. The zero-order valence-electron chi connectivity index (χ0n) is 17.3. The van der Waals surface area contributed by atoms with E-state index in [1.54, 1.807) is 54.6 Å². The van der Waals surface area contributed by atoms with Crippen molar-refractivity contribution in [1.29, 1.82) is 0 Å². The lowest BCUT2D eigenvalue weighted by atomic mass is 10.2. The summed E-state index contributed by atoms with van der Waals surface area (Å²) in [6.07, 6.45) is -3.79. The lowest BCUT2D eigenvalue weighted by Crippen LogP contribution is -2.42. The third-order valence-corrected chi connectivity index (χ3v) is 4.52. The van der Waals surface area contributed by atoms with Gasteiger partial charge in [0.25, 0.3) is 5.91 Å². The lowest BCUT2D eigenvalue weighted by molar-refractivity contribution is -0.141. The van der Waals surface area contributed by atoms with E-state index in [1.807, 2.05) is 6.92 Å². The number of rotatable bonds is 9. The van der Waals surface area contributed by atoms with Crippen LogP contribution in [0.3, 0.4) is 0 Å². The predicted octanol–water partition coefficient (Wildman–Crippen LogP) is 3.49. The van der Waals surface area contributed by atoms with Gasteiger partial charge in [-0.15, -0.1) is 0 Å². The predicted molar refractivity (Wildman–Crippen MR) is 113 cm³/mol. The van der Waals surface area contributed by atoms with Crippen molar-refractivity contribution < 1.29 is 27.8 Å². The largest absolute Gasteiger partial charge is 0.494 e. The molecule has 1 atom stereocenters. The standard InChI is InChI=1S/C22H23F3N4O3/c1-2-32-18-10-8-15(9-11-18)26-12-16(14-30)27-21(31)19-13-29(17-6-4-3-5-7-17)28-20(19)22(23,24)25/h3-11,13,16,26,30H,2,12,14H2,1H3,(H,27,31)/t16-/m0/s1. The van der Waals surface area contributed by atoms with Gasteiger partial charge in [-0.2, -0.15) is 18.3 Å². The Bertz CT molecular complexity index is 1020. The van der Waals surface area contributed by atoms with E-state index in [1.165, 1.54) is 0 Å². The summed E-state index contributed by atoms with van der Waals surface area (Å²) in [5.74, 6) is -0.285. The Balaban J connectivity index is 1.72. The molecule has 3 N–H and O–H groups in total. The van der Waals surface area contributed by atoms with Crippen molar-refractivity contribution in [1.82, 2.24) is 15.1 Å². The van der Waals surface area contributed by atoms with Crippen molar-refractivity contribution in [2.75, 3.05) is 25.1 Å². The van der Waals surface area contributed by atoms with Crippen molar-refractivity contribution in [2.24, 2.45) is 0 Å². The minimum absolute atomic E-state index is 0.102. The zero-order chi connectivity index (χ0) is 23.1. The highest BCUT2D eigenvalue weighted by Gasteiger charge is 2.39. The molecule has 10 heteroatoms. The first kappa shape index (κ1) is 23.1. The minimum atomic E-state index is -4.82. The maximum Gasteiger partial charge on any atom is 0.435 e. The molecule has 0 fully saturated rings. The summed E-state index contributed by atoms with van der Waals surface area (Å²) in [5, 5.41) is 18.6. The summed E-state index contributed by atoms with van der Waals surface area (Å²) in [7, 11) is 0. The molecule has 0 saturated heterocycles. The molecular weight excluding hydrogens is 425 g/mol. The molecule has 1 aromatic heterocycles. The number of nitrogens with zero attached hydrogens (tertiary/aromatic N) is 2. The Kier molecular flexibility index (Phi) is 7.37. The van der Waals surface area contributed by atoms with Crippen LogP contribution in [0.25, 0.3) is 5.69 Å². The van der Waals surface area contributed by atoms with Gasteiger partial charge >= 0.3 is 6.18 Å². The third kappa shape index (κ3) is 5.79. The molecule has 0 aliphatic carbocycles. The van der Waals surface area contributed by atoms with Gasteiger partial charge in [0.2, 0.25) is 0 Å². The topological polar surface area (TPSA) is 88.4 Å². The number of hydrogen-bond donors (Lipinski definition) is 3. The van der Waals surface area contributed by atoms with Crippen LogP contribution in [-0.2, 0) is 6.18 Å². The average Bonchev–Trinajstić information content (AvgIpc) is 3.25. The maximum atomic E-state index is 13.5. The highest BCUT2D eigenvalue weighted by molar-refractivity contribution is 5.95. The number of aromatic nitrogens is 2. The van der Waals surface area contributed by atoms with Gasteiger partial charge in [0.1, 0.15) is 5.75 Å². The molecular formula is C22H23F3N4O3. The number of alkyl halides is 3. The monoisotopic (exact) mass is 448 g/mol. The lowest BCUT2D eigenvalue weighted by Gasteiger charge is -2.18. The van der Waals surface area contributed by atoms with E-state index >= 15 is 0 Å². The van der Waals surface area contributed by atoms with Crippen LogP contribution in [0.4, 0.5) is 18.9 Å². The van der Waals surface area contributed by atoms with Gasteiger partial charge in [-0.1, -0.05) is 18.2 Å². The highest BCUT2D eigenvalue weighted by Crippen LogP contribution is 2.31. The third-order valence-electron chi connectivity index (χ3n) is 4.52. The van der Waals surface area contributed by atoms with Crippen molar-refractivity contribution >= 4 is 11.6 Å². The molecule has 0 unspecified atom stereocenters. The van der Waals surface area contributed by atoms with E-state index in [2.05, 4.69) is 15.7 Å². The summed E-state index contributed by atoms with van der Waals surface area (Å²) in [5.41, 5.74) is -0.835. The van der Waals surface area contributed by atoms with E-state index in [0.29, 0.717) is 23.7 Å². The molecule has 3 aromatic rings. The molecule has 0 aliphatic heterocycles. The number of carbonyl (C=O) groups excluding carboxylic acids is 1. The van der Waals surface area contributed by atoms with Crippen molar-refractivity contribution in [3.8, 4) is 11.4 Å². The summed E-state index contributed by atoms with van der Waals surface area (Å²) in [6.45, 7) is 2.04. The summed E-state index contributed by atoms with van der Waals surface area (Å²) >= 11 is 0. The Morgan fingerprint density at radius 1 is 1.16 bits per heavy atom. The molecule has 1 amide bonds. The fraction of sp³-hybridized carbons (Fsp3) is 0.273. The smallest absolute Gasteiger partial charge is 0.435 e. The van der Waals surface area contributed by atoms with Crippen LogP contribution in [-0.4, -0.2) is 46.6 Å². The second-order valence-electron chi connectivity index (χ2n) is 6.86. The second-order valence-corrected chi connectivity index (χ2v) is 6.86. The molecule has 2 aromatic carbocycles. The van der Waals surface area contributed by atoms with Gasteiger partial charge < -0.3 is 20.5 Å². The first-order valence-corrected chi connectivity index (χ1v) is 9.92. The fourth-order valence-electron chi connectivity index (χ4n) is 2.96. The molecule has 32 heavy (non-hydrogen) atoms. The van der Waals surface area contributed by atoms with Crippen LogP contribution in [0.2, 0.25) is 0 Å². The number of ether oxygens (including phenoxy) is 1.